The Morgan fingerprint density at radius 3 is 2.55 bits per heavy atom. The lowest BCUT2D eigenvalue weighted by atomic mass is 9.99. The van der Waals surface area contributed by atoms with Crippen LogP contribution in [0.4, 0.5) is 4.39 Å². The zero-order chi connectivity index (χ0) is 15.1. The summed E-state index contributed by atoms with van der Waals surface area (Å²) < 4.78 is 19.3. The molecule has 20 heavy (non-hydrogen) atoms. The van der Waals surface area contributed by atoms with Gasteiger partial charge < -0.3 is 4.74 Å². The van der Waals surface area contributed by atoms with E-state index in [1.165, 1.54) is 6.07 Å². The van der Waals surface area contributed by atoms with E-state index < -0.39 is 17.4 Å². The molecule has 1 fully saturated rings. The fourth-order valence-electron chi connectivity index (χ4n) is 2.66. The Kier molecular flexibility index (Phi) is 3.90. The number of benzene rings is 1. The van der Waals surface area contributed by atoms with Gasteiger partial charge in [0.2, 0.25) is 0 Å². The Labute approximate surface area is 120 Å². The lowest BCUT2D eigenvalue weighted by molar-refractivity contribution is 0.00646. The lowest BCUT2D eigenvalue weighted by Gasteiger charge is -2.20. The van der Waals surface area contributed by atoms with Gasteiger partial charge >= 0.3 is 5.97 Å². The van der Waals surface area contributed by atoms with E-state index in [1.807, 2.05) is 6.92 Å². The van der Waals surface area contributed by atoms with Crippen LogP contribution in [0.15, 0.2) is 12.1 Å². The van der Waals surface area contributed by atoms with Crippen LogP contribution in [-0.2, 0) is 4.74 Å². The average Bonchev–Trinajstić information content (AvgIpc) is 3.05. The molecule has 1 aromatic carbocycles. The second-order valence-corrected chi connectivity index (χ2v) is 6.70. The van der Waals surface area contributed by atoms with Crippen LogP contribution in [0, 0.1) is 18.7 Å². The molecular weight excluding hydrogens is 255 g/mol. The van der Waals surface area contributed by atoms with Crippen LogP contribution >= 0.6 is 0 Å². The van der Waals surface area contributed by atoms with Crippen molar-refractivity contribution in [2.75, 3.05) is 0 Å². The van der Waals surface area contributed by atoms with Gasteiger partial charge in [0.25, 0.3) is 0 Å². The van der Waals surface area contributed by atoms with Crippen molar-refractivity contribution in [3.05, 3.63) is 34.6 Å². The first-order valence-electron chi connectivity index (χ1n) is 7.26. The van der Waals surface area contributed by atoms with Gasteiger partial charge in [-0.2, -0.15) is 0 Å². The molecule has 0 saturated heterocycles. The number of aryl methyl sites for hydroxylation is 1. The minimum atomic E-state index is -0.611. The van der Waals surface area contributed by atoms with Gasteiger partial charge in [0.05, 0.1) is 5.56 Å². The molecule has 2 atom stereocenters. The first-order chi connectivity index (χ1) is 9.23. The Morgan fingerprint density at radius 1 is 1.40 bits per heavy atom. The Hall–Kier alpha value is -1.38. The van der Waals surface area contributed by atoms with E-state index in [0.29, 0.717) is 11.8 Å². The monoisotopic (exact) mass is 278 g/mol. The average molecular weight is 278 g/mol. The predicted molar refractivity (Wildman–Crippen MR) is 77.4 cm³/mol. The number of carbonyl (C=O) groups excluding carboxylic acids is 1. The van der Waals surface area contributed by atoms with Crippen molar-refractivity contribution in [2.45, 2.75) is 59.0 Å². The highest BCUT2D eigenvalue weighted by atomic mass is 19.1. The molecule has 0 spiro atoms. The van der Waals surface area contributed by atoms with Gasteiger partial charge in [-0.3, -0.25) is 0 Å². The third-order valence-electron chi connectivity index (χ3n) is 3.82. The molecule has 1 aliphatic carbocycles. The van der Waals surface area contributed by atoms with Crippen molar-refractivity contribution in [2.24, 2.45) is 5.92 Å². The maximum atomic E-state index is 14.0. The normalized spacial score (nSPS) is 21.7. The van der Waals surface area contributed by atoms with Crippen LogP contribution in [0.2, 0.25) is 0 Å². The number of hydrogen-bond acceptors (Lipinski definition) is 2. The summed E-state index contributed by atoms with van der Waals surface area (Å²) in [6.45, 7) is 9.42. The molecule has 0 radical (unpaired) electrons. The summed E-state index contributed by atoms with van der Waals surface area (Å²) in [6.07, 6.45) is 2.26. The van der Waals surface area contributed by atoms with Crippen molar-refractivity contribution in [1.82, 2.24) is 0 Å². The summed E-state index contributed by atoms with van der Waals surface area (Å²) in [4.78, 5) is 12.1. The van der Waals surface area contributed by atoms with E-state index in [9.17, 15) is 9.18 Å². The topological polar surface area (TPSA) is 26.3 Å². The molecule has 0 N–H and O–H groups in total. The molecule has 2 nitrogen and oxygen atoms in total. The Balaban J connectivity index is 2.30. The van der Waals surface area contributed by atoms with E-state index in [1.54, 1.807) is 26.8 Å². The first kappa shape index (κ1) is 15.0. The molecule has 1 aliphatic rings. The van der Waals surface area contributed by atoms with Crippen molar-refractivity contribution in [3.63, 3.8) is 0 Å². The zero-order valence-electron chi connectivity index (χ0n) is 12.9. The molecule has 0 bridgehead atoms. The number of rotatable bonds is 3. The maximum Gasteiger partial charge on any atom is 0.341 e. The molecular formula is C17H23FO2. The predicted octanol–water partition coefficient (Wildman–Crippen LogP) is 4.60. The SMILES string of the molecule is CCC1CC1c1cc(C(=O)OC(C)(C)C)c(F)cc1C. The second-order valence-electron chi connectivity index (χ2n) is 6.70. The zero-order valence-corrected chi connectivity index (χ0v) is 12.9. The molecule has 0 aromatic heterocycles. The summed E-state index contributed by atoms with van der Waals surface area (Å²) in [5.74, 6) is 0.0755. The molecule has 2 unspecified atom stereocenters. The van der Waals surface area contributed by atoms with Crippen LogP contribution in [0.1, 0.15) is 67.9 Å². The van der Waals surface area contributed by atoms with Gasteiger partial charge in [0, 0.05) is 0 Å². The molecule has 2 rings (SSSR count). The summed E-state index contributed by atoms with van der Waals surface area (Å²) in [7, 11) is 0. The fourth-order valence-corrected chi connectivity index (χ4v) is 2.66. The molecule has 0 aliphatic heterocycles. The molecule has 110 valence electrons. The quantitative estimate of drug-likeness (QED) is 0.755. The van der Waals surface area contributed by atoms with Gasteiger partial charge in [-0.25, -0.2) is 9.18 Å². The van der Waals surface area contributed by atoms with E-state index in [-0.39, 0.29) is 5.56 Å². The maximum absolute atomic E-state index is 14.0. The summed E-state index contributed by atoms with van der Waals surface area (Å²) in [5.41, 5.74) is 1.47. The van der Waals surface area contributed by atoms with Gasteiger partial charge in [-0.15, -0.1) is 0 Å². The summed E-state index contributed by atoms with van der Waals surface area (Å²) in [6, 6.07) is 3.15. The highest BCUT2D eigenvalue weighted by Crippen LogP contribution is 2.50. The molecule has 0 heterocycles. The van der Waals surface area contributed by atoms with Crippen LogP contribution < -0.4 is 0 Å². The largest absolute Gasteiger partial charge is 0.456 e. The summed E-state index contributed by atoms with van der Waals surface area (Å²) in [5, 5.41) is 0. The molecule has 1 aromatic rings. The first-order valence-corrected chi connectivity index (χ1v) is 7.26. The van der Waals surface area contributed by atoms with E-state index >= 15 is 0 Å². The van der Waals surface area contributed by atoms with Crippen LogP contribution in [-0.4, -0.2) is 11.6 Å². The van der Waals surface area contributed by atoms with E-state index in [4.69, 9.17) is 4.74 Å². The van der Waals surface area contributed by atoms with Crippen molar-refractivity contribution < 1.29 is 13.9 Å². The van der Waals surface area contributed by atoms with Crippen LogP contribution in [0.5, 0.6) is 0 Å². The van der Waals surface area contributed by atoms with Gasteiger partial charge in [0.15, 0.2) is 0 Å². The smallest absolute Gasteiger partial charge is 0.341 e. The lowest BCUT2D eigenvalue weighted by Crippen LogP contribution is -2.24. The number of hydrogen-bond donors (Lipinski definition) is 0. The standard InChI is InChI=1S/C17H23FO2/c1-6-11-8-13(11)12-9-14(15(18)7-10(12)2)16(19)20-17(3,4)5/h7,9,11,13H,6,8H2,1-5H3. The van der Waals surface area contributed by atoms with Gasteiger partial charge in [0.1, 0.15) is 11.4 Å². The third kappa shape index (κ3) is 3.20. The Bertz CT molecular complexity index is 529. The third-order valence-corrected chi connectivity index (χ3v) is 3.82. The van der Waals surface area contributed by atoms with Crippen molar-refractivity contribution >= 4 is 5.97 Å². The van der Waals surface area contributed by atoms with E-state index in [0.717, 1.165) is 24.0 Å². The number of halogens is 1. The molecule has 3 heteroatoms. The van der Waals surface area contributed by atoms with E-state index in [2.05, 4.69) is 6.92 Å². The number of esters is 1. The Morgan fingerprint density at radius 2 is 2.05 bits per heavy atom. The minimum absolute atomic E-state index is 0.0577. The second kappa shape index (κ2) is 5.19. The van der Waals surface area contributed by atoms with Crippen molar-refractivity contribution in [3.8, 4) is 0 Å². The number of ether oxygens (including phenoxy) is 1. The van der Waals surface area contributed by atoms with Crippen LogP contribution in [0.25, 0.3) is 0 Å². The summed E-state index contributed by atoms with van der Waals surface area (Å²) >= 11 is 0. The number of carbonyl (C=O) groups is 1. The highest BCUT2D eigenvalue weighted by molar-refractivity contribution is 5.90. The van der Waals surface area contributed by atoms with Gasteiger partial charge in [-0.1, -0.05) is 13.3 Å². The molecule has 1 saturated carbocycles. The highest BCUT2D eigenvalue weighted by Gasteiger charge is 2.38. The van der Waals surface area contributed by atoms with Crippen molar-refractivity contribution in [1.29, 1.82) is 0 Å². The van der Waals surface area contributed by atoms with Gasteiger partial charge in [-0.05, 0) is 69.2 Å². The van der Waals surface area contributed by atoms with Crippen LogP contribution in [0.3, 0.4) is 0 Å². The fraction of sp³-hybridized carbons (Fsp3) is 0.588. The molecule has 0 amide bonds. The minimum Gasteiger partial charge on any atom is -0.456 e.